The van der Waals surface area contributed by atoms with Gasteiger partial charge in [-0.3, -0.25) is 4.40 Å². The molecule has 3 aromatic rings. The second-order valence-electron chi connectivity index (χ2n) is 4.15. The maximum atomic E-state index is 5.37. The predicted molar refractivity (Wildman–Crippen MR) is 76.5 cm³/mol. The van der Waals surface area contributed by atoms with E-state index in [9.17, 15) is 0 Å². The van der Waals surface area contributed by atoms with Crippen molar-refractivity contribution in [1.82, 2.24) is 14.6 Å². The van der Waals surface area contributed by atoms with Crippen molar-refractivity contribution in [3.05, 3.63) is 58.5 Å². The molecule has 0 fully saturated rings. The average Bonchev–Trinajstić information content (AvgIpc) is 2.84. The van der Waals surface area contributed by atoms with Crippen LogP contribution in [0.4, 0.5) is 0 Å². The summed E-state index contributed by atoms with van der Waals surface area (Å²) >= 11 is 3.53. The van der Waals surface area contributed by atoms with Crippen molar-refractivity contribution in [1.29, 1.82) is 0 Å². The number of fused-ring (bicyclic) bond motifs is 1. The number of hydrogen-bond donors (Lipinski definition) is 0. The molecule has 0 aliphatic heterocycles. The summed E-state index contributed by atoms with van der Waals surface area (Å²) in [5.74, 6) is 1.75. The number of methoxy groups -OCH3 is 1. The van der Waals surface area contributed by atoms with Crippen LogP contribution in [0.5, 0.6) is 5.75 Å². The standard InChI is InChI=1S/C14H12BrN3O/c1-19-11-6-3-2-5-10(11)9-14-17-16-13-8-4-7-12(15)18(13)14/h2-8H,9H2,1H3. The minimum absolute atomic E-state index is 0.674. The third-order valence-electron chi connectivity index (χ3n) is 2.99. The lowest BCUT2D eigenvalue weighted by Gasteiger charge is -2.07. The summed E-state index contributed by atoms with van der Waals surface area (Å²) in [5.41, 5.74) is 1.93. The normalized spacial score (nSPS) is 10.8. The van der Waals surface area contributed by atoms with Gasteiger partial charge in [0.1, 0.15) is 11.6 Å². The Morgan fingerprint density at radius 2 is 1.95 bits per heavy atom. The molecule has 0 aliphatic rings. The highest BCUT2D eigenvalue weighted by Crippen LogP contribution is 2.22. The first-order chi connectivity index (χ1) is 9.29. The summed E-state index contributed by atoms with van der Waals surface area (Å²) < 4.78 is 8.30. The molecule has 4 nitrogen and oxygen atoms in total. The van der Waals surface area contributed by atoms with Crippen molar-refractivity contribution in [3.63, 3.8) is 0 Å². The highest BCUT2D eigenvalue weighted by molar-refractivity contribution is 9.10. The smallest absolute Gasteiger partial charge is 0.161 e. The van der Waals surface area contributed by atoms with Crippen LogP contribution in [0.15, 0.2) is 47.1 Å². The van der Waals surface area contributed by atoms with Crippen molar-refractivity contribution in [3.8, 4) is 5.75 Å². The SMILES string of the molecule is COc1ccccc1Cc1nnc2cccc(Br)n12. The molecule has 0 saturated carbocycles. The maximum absolute atomic E-state index is 5.37. The Kier molecular flexibility index (Phi) is 3.21. The van der Waals surface area contributed by atoms with Gasteiger partial charge in [-0.15, -0.1) is 10.2 Å². The van der Waals surface area contributed by atoms with E-state index in [4.69, 9.17) is 4.74 Å². The first-order valence-electron chi connectivity index (χ1n) is 5.90. The van der Waals surface area contributed by atoms with Crippen molar-refractivity contribution >= 4 is 21.6 Å². The second kappa shape index (κ2) is 5.01. The van der Waals surface area contributed by atoms with Gasteiger partial charge in [0.25, 0.3) is 0 Å². The van der Waals surface area contributed by atoms with Gasteiger partial charge in [-0.25, -0.2) is 0 Å². The molecule has 3 rings (SSSR count). The molecular weight excluding hydrogens is 306 g/mol. The molecule has 2 heterocycles. The zero-order valence-corrected chi connectivity index (χ0v) is 12.0. The first kappa shape index (κ1) is 12.2. The second-order valence-corrected chi connectivity index (χ2v) is 4.96. The van der Waals surface area contributed by atoms with Gasteiger partial charge in [0, 0.05) is 12.0 Å². The topological polar surface area (TPSA) is 39.4 Å². The lowest BCUT2D eigenvalue weighted by Crippen LogP contribution is -1.99. The Morgan fingerprint density at radius 3 is 2.79 bits per heavy atom. The molecule has 0 aliphatic carbocycles. The quantitative estimate of drug-likeness (QED) is 0.697. The Morgan fingerprint density at radius 1 is 1.11 bits per heavy atom. The van der Waals surface area contributed by atoms with E-state index in [1.165, 1.54) is 0 Å². The van der Waals surface area contributed by atoms with Gasteiger partial charge in [0.2, 0.25) is 0 Å². The number of nitrogens with zero attached hydrogens (tertiary/aromatic N) is 3. The number of halogens is 1. The summed E-state index contributed by atoms with van der Waals surface area (Å²) in [5, 5.41) is 8.43. The molecule has 0 radical (unpaired) electrons. The first-order valence-corrected chi connectivity index (χ1v) is 6.69. The monoisotopic (exact) mass is 317 g/mol. The Hall–Kier alpha value is -1.88. The molecule has 5 heteroatoms. The maximum Gasteiger partial charge on any atom is 0.161 e. The van der Waals surface area contributed by atoms with Gasteiger partial charge in [-0.1, -0.05) is 24.3 Å². The van der Waals surface area contributed by atoms with Crippen LogP contribution in [0.25, 0.3) is 5.65 Å². The van der Waals surface area contributed by atoms with Gasteiger partial charge in [-0.05, 0) is 34.1 Å². The van der Waals surface area contributed by atoms with Crippen molar-refractivity contribution in [2.75, 3.05) is 7.11 Å². The van der Waals surface area contributed by atoms with Crippen LogP contribution in [0.2, 0.25) is 0 Å². The van der Waals surface area contributed by atoms with Gasteiger partial charge >= 0.3 is 0 Å². The fourth-order valence-corrected chi connectivity index (χ4v) is 2.63. The van der Waals surface area contributed by atoms with E-state index in [1.807, 2.05) is 46.9 Å². The molecule has 0 bridgehead atoms. The molecule has 96 valence electrons. The van der Waals surface area contributed by atoms with E-state index in [0.717, 1.165) is 27.4 Å². The predicted octanol–water partition coefficient (Wildman–Crippen LogP) is 3.09. The van der Waals surface area contributed by atoms with Gasteiger partial charge in [0.05, 0.1) is 11.7 Å². The third kappa shape index (κ3) is 2.21. The fraction of sp³-hybridized carbons (Fsp3) is 0.143. The van der Waals surface area contributed by atoms with Crippen molar-refractivity contribution in [2.24, 2.45) is 0 Å². The van der Waals surface area contributed by atoms with Gasteiger partial charge in [-0.2, -0.15) is 0 Å². The van der Waals surface area contributed by atoms with Crippen LogP contribution in [0, 0.1) is 0 Å². The third-order valence-corrected chi connectivity index (χ3v) is 3.61. The van der Waals surface area contributed by atoms with E-state index in [2.05, 4.69) is 26.1 Å². The van der Waals surface area contributed by atoms with E-state index in [1.54, 1.807) is 7.11 Å². The fourth-order valence-electron chi connectivity index (χ4n) is 2.09. The lowest BCUT2D eigenvalue weighted by molar-refractivity contribution is 0.410. The molecule has 0 saturated heterocycles. The molecule has 0 unspecified atom stereocenters. The summed E-state index contributed by atoms with van der Waals surface area (Å²) in [7, 11) is 1.68. The lowest BCUT2D eigenvalue weighted by atomic mass is 10.1. The van der Waals surface area contributed by atoms with Crippen LogP contribution in [0.1, 0.15) is 11.4 Å². The molecule has 0 atom stereocenters. The molecule has 1 aromatic carbocycles. The van der Waals surface area contributed by atoms with Crippen molar-refractivity contribution < 1.29 is 4.74 Å². The van der Waals surface area contributed by atoms with Gasteiger partial charge in [0.15, 0.2) is 5.65 Å². The van der Waals surface area contributed by atoms with E-state index < -0.39 is 0 Å². The highest BCUT2D eigenvalue weighted by atomic mass is 79.9. The number of rotatable bonds is 3. The molecule has 0 N–H and O–H groups in total. The Balaban J connectivity index is 2.06. The Labute approximate surface area is 119 Å². The zero-order valence-electron chi connectivity index (χ0n) is 10.4. The number of aromatic nitrogens is 3. The van der Waals surface area contributed by atoms with Crippen LogP contribution >= 0.6 is 15.9 Å². The zero-order chi connectivity index (χ0) is 13.2. The van der Waals surface area contributed by atoms with E-state index >= 15 is 0 Å². The summed E-state index contributed by atoms with van der Waals surface area (Å²) in [6, 6.07) is 13.8. The van der Waals surface area contributed by atoms with Crippen LogP contribution in [-0.2, 0) is 6.42 Å². The summed E-state index contributed by atoms with van der Waals surface area (Å²) in [6.45, 7) is 0. The molecule has 0 spiro atoms. The van der Waals surface area contributed by atoms with Gasteiger partial charge < -0.3 is 4.74 Å². The van der Waals surface area contributed by atoms with Crippen LogP contribution < -0.4 is 4.74 Å². The highest BCUT2D eigenvalue weighted by Gasteiger charge is 2.11. The number of benzene rings is 1. The average molecular weight is 318 g/mol. The largest absolute Gasteiger partial charge is 0.496 e. The summed E-state index contributed by atoms with van der Waals surface area (Å²) in [4.78, 5) is 0. The minimum atomic E-state index is 0.674. The number of ether oxygens (including phenoxy) is 1. The number of para-hydroxylation sites is 1. The molecule has 19 heavy (non-hydrogen) atoms. The van der Waals surface area contributed by atoms with E-state index in [0.29, 0.717) is 6.42 Å². The molecule has 2 aromatic heterocycles. The number of pyridine rings is 1. The van der Waals surface area contributed by atoms with E-state index in [-0.39, 0.29) is 0 Å². The molecule has 0 amide bonds. The number of hydrogen-bond acceptors (Lipinski definition) is 3. The Bertz CT molecular complexity index is 724. The van der Waals surface area contributed by atoms with Crippen LogP contribution in [-0.4, -0.2) is 21.7 Å². The summed E-state index contributed by atoms with van der Waals surface area (Å²) in [6.07, 6.45) is 0.674. The minimum Gasteiger partial charge on any atom is -0.496 e. The molecular formula is C14H12BrN3O. The van der Waals surface area contributed by atoms with Crippen LogP contribution in [0.3, 0.4) is 0 Å². The van der Waals surface area contributed by atoms with Crippen molar-refractivity contribution in [2.45, 2.75) is 6.42 Å².